The fraction of sp³-hybridized carbons (Fsp3) is 0.857. The van der Waals surface area contributed by atoms with Crippen LogP contribution in [-0.2, 0) is 14.8 Å². The lowest BCUT2D eigenvalue weighted by molar-refractivity contribution is 0.0718. The first kappa shape index (κ1) is 16.2. The molecule has 7 nitrogen and oxygen atoms in total. The van der Waals surface area contributed by atoms with Gasteiger partial charge in [0.05, 0.1) is 18.5 Å². The van der Waals surface area contributed by atoms with Crippen LogP contribution in [0, 0.1) is 0 Å². The Balaban J connectivity index is 1.59. The van der Waals surface area contributed by atoms with Crippen LogP contribution in [0.2, 0.25) is 0 Å². The van der Waals surface area contributed by atoms with Crippen molar-refractivity contribution in [2.75, 3.05) is 45.9 Å². The van der Waals surface area contributed by atoms with E-state index in [-0.39, 0.29) is 17.3 Å². The van der Waals surface area contributed by atoms with Gasteiger partial charge in [0, 0.05) is 44.8 Å². The smallest absolute Gasteiger partial charge is 0.217 e. The molecule has 0 spiro atoms. The van der Waals surface area contributed by atoms with Crippen LogP contribution in [0.5, 0.6) is 0 Å². The third kappa shape index (κ3) is 3.30. The molecule has 0 amide bonds. The van der Waals surface area contributed by atoms with Crippen molar-refractivity contribution in [1.82, 2.24) is 14.5 Å². The van der Waals surface area contributed by atoms with Crippen LogP contribution in [0.15, 0.2) is 12.3 Å². The largest absolute Gasteiger partial charge is 0.389 e. The number of likely N-dealkylation sites (tertiary alicyclic amines) is 1. The van der Waals surface area contributed by atoms with Crippen LogP contribution in [0.1, 0.15) is 12.8 Å². The molecule has 0 aliphatic carbocycles. The molecule has 3 aliphatic heterocycles. The molecule has 0 aromatic carbocycles. The van der Waals surface area contributed by atoms with Gasteiger partial charge in [0.15, 0.2) is 0 Å². The first-order valence-electron chi connectivity index (χ1n) is 8.05. The molecule has 3 rings (SSSR count). The van der Waals surface area contributed by atoms with E-state index in [2.05, 4.69) is 16.3 Å². The van der Waals surface area contributed by atoms with Gasteiger partial charge in [-0.2, -0.15) is 4.31 Å². The number of nitrogens with two attached hydrogens (primary N) is 1. The van der Waals surface area contributed by atoms with Gasteiger partial charge in [0.2, 0.25) is 10.0 Å². The number of hydrogen-bond donors (Lipinski definition) is 2. The van der Waals surface area contributed by atoms with Gasteiger partial charge in [-0.05, 0) is 19.0 Å². The van der Waals surface area contributed by atoms with Crippen molar-refractivity contribution in [3.05, 3.63) is 12.3 Å². The van der Waals surface area contributed by atoms with E-state index in [9.17, 15) is 8.42 Å². The van der Waals surface area contributed by atoms with E-state index in [1.807, 2.05) is 6.20 Å². The molecule has 126 valence electrons. The summed E-state index contributed by atoms with van der Waals surface area (Å²) in [5.74, 6) is 0. The Morgan fingerprint density at radius 1 is 1.14 bits per heavy atom. The molecule has 0 bridgehead atoms. The topological polar surface area (TPSA) is 87.9 Å². The van der Waals surface area contributed by atoms with Gasteiger partial charge in [-0.3, -0.25) is 4.90 Å². The predicted octanol–water partition coefficient (Wildman–Crippen LogP) is -1.07. The number of nitrogens with zero attached hydrogens (tertiary/aromatic N) is 2. The van der Waals surface area contributed by atoms with Crippen molar-refractivity contribution >= 4 is 10.0 Å². The Labute approximate surface area is 132 Å². The number of ether oxygens (including phenoxy) is 1. The van der Waals surface area contributed by atoms with Crippen LogP contribution >= 0.6 is 0 Å². The number of sulfonamides is 1. The lowest BCUT2D eigenvalue weighted by atomic mass is 10.0. The molecule has 8 heteroatoms. The van der Waals surface area contributed by atoms with E-state index in [0.717, 1.165) is 19.6 Å². The highest BCUT2D eigenvalue weighted by Gasteiger charge is 2.37. The summed E-state index contributed by atoms with van der Waals surface area (Å²) < 4.78 is 32.2. The molecule has 0 saturated carbocycles. The number of hydrogen-bond acceptors (Lipinski definition) is 6. The maximum Gasteiger partial charge on any atom is 0.217 e. The molecule has 0 aromatic rings. The third-order valence-electron chi connectivity index (χ3n) is 4.85. The average Bonchev–Trinajstić information content (AvgIpc) is 2.56. The van der Waals surface area contributed by atoms with E-state index in [1.54, 1.807) is 4.31 Å². The van der Waals surface area contributed by atoms with Crippen LogP contribution in [0.25, 0.3) is 0 Å². The Hall–Kier alpha value is -0.670. The quantitative estimate of drug-likeness (QED) is 0.685. The Kier molecular flexibility index (Phi) is 5.03. The standard InChI is InChI=1S/C14H26N4O3S/c15-13-11-16-4-1-14(13)17-5-2-12(3-6-17)22(19,20)18-7-9-21-10-8-18/h1,4,12-14,16H,2-3,5-11,15H2. The normalized spacial score (nSPS) is 32.8. The second kappa shape index (κ2) is 6.84. The fourth-order valence-electron chi connectivity index (χ4n) is 3.51. The molecule has 0 radical (unpaired) electrons. The second-order valence-electron chi connectivity index (χ2n) is 6.21. The molecule has 0 aromatic heterocycles. The maximum atomic E-state index is 12.7. The van der Waals surface area contributed by atoms with Crippen LogP contribution < -0.4 is 11.1 Å². The van der Waals surface area contributed by atoms with E-state index in [4.69, 9.17) is 10.5 Å². The zero-order valence-electron chi connectivity index (χ0n) is 12.9. The van der Waals surface area contributed by atoms with Crippen LogP contribution in [-0.4, -0.2) is 80.9 Å². The molecule has 2 saturated heterocycles. The fourth-order valence-corrected chi connectivity index (χ4v) is 5.40. The van der Waals surface area contributed by atoms with Gasteiger partial charge in [-0.25, -0.2) is 8.42 Å². The molecule has 2 unspecified atom stereocenters. The molecule has 2 fully saturated rings. The maximum absolute atomic E-state index is 12.7. The zero-order chi connectivity index (χ0) is 15.6. The first-order valence-corrected chi connectivity index (χ1v) is 9.56. The molecular weight excluding hydrogens is 304 g/mol. The van der Waals surface area contributed by atoms with Crippen molar-refractivity contribution in [2.24, 2.45) is 5.73 Å². The minimum absolute atomic E-state index is 0.0670. The van der Waals surface area contributed by atoms with Crippen molar-refractivity contribution in [2.45, 2.75) is 30.2 Å². The highest BCUT2D eigenvalue weighted by atomic mass is 32.2. The van der Waals surface area contributed by atoms with Gasteiger partial charge in [0.1, 0.15) is 0 Å². The summed E-state index contributed by atoms with van der Waals surface area (Å²) in [6, 6.07) is 0.283. The molecule has 3 aliphatic rings. The van der Waals surface area contributed by atoms with Gasteiger partial charge >= 0.3 is 0 Å². The minimum Gasteiger partial charge on any atom is -0.389 e. The van der Waals surface area contributed by atoms with Crippen molar-refractivity contribution < 1.29 is 13.2 Å². The molecular formula is C14H26N4O3S. The zero-order valence-corrected chi connectivity index (χ0v) is 13.7. The molecule has 3 N–H and O–H groups in total. The van der Waals surface area contributed by atoms with Gasteiger partial charge in [0.25, 0.3) is 0 Å². The number of morpholine rings is 1. The SMILES string of the molecule is NC1CNC=CC1N1CCC(S(=O)(=O)N2CCOCC2)CC1. The molecule has 3 heterocycles. The van der Waals surface area contributed by atoms with Crippen molar-refractivity contribution in [3.63, 3.8) is 0 Å². The lowest BCUT2D eigenvalue weighted by Gasteiger charge is -2.41. The van der Waals surface area contributed by atoms with E-state index >= 15 is 0 Å². The predicted molar refractivity (Wildman–Crippen MR) is 84.8 cm³/mol. The number of rotatable bonds is 3. The second-order valence-corrected chi connectivity index (χ2v) is 8.43. The van der Waals surface area contributed by atoms with E-state index < -0.39 is 10.0 Å². The van der Waals surface area contributed by atoms with Crippen LogP contribution in [0.4, 0.5) is 0 Å². The monoisotopic (exact) mass is 330 g/mol. The Morgan fingerprint density at radius 3 is 2.45 bits per heavy atom. The summed E-state index contributed by atoms with van der Waals surface area (Å²) in [6.45, 7) is 4.34. The Bertz CT molecular complexity index is 496. The van der Waals surface area contributed by atoms with E-state index in [1.165, 1.54) is 0 Å². The highest BCUT2D eigenvalue weighted by molar-refractivity contribution is 7.89. The van der Waals surface area contributed by atoms with Crippen LogP contribution in [0.3, 0.4) is 0 Å². The highest BCUT2D eigenvalue weighted by Crippen LogP contribution is 2.24. The minimum atomic E-state index is -3.19. The van der Waals surface area contributed by atoms with Gasteiger partial charge in [-0.15, -0.1) is 0 Å². The van der Waals surface area contributed by atoms with Gasteiger partial charge < -0.3 is 15.8 Å². The summed E-state index contributed by atoms with van der Waals surface area (Å²) in [6.07, 6.45) is 5.41. The first-order chi connectivity index (χ1) is 10.6. The Morgan fingerprint density at radius 2 is 1.82 bits per heavy atom. The lowest BCUT2D eigenvalue weighted by Crippen LogP contribution is -2.56. The summed E-state index contributed by atoms with van der Waals surface area (Å²) >= 11 is 0. The van der Waals surface area contributed by atoms with Gasteiger partial charge in [-0.1, -0.05) is 6.08 Å². The summed E-state index contributed by atoms with van der Waals surface area (Å²) in [4.78, 5) is 2.31. The number of piperidine rings is 1. The molecule has 22 heavy (non-hydrogen) atoms. The summed E-state index contributed by atoms with van der Waals surface area (Å²) in [5, 5.41) is 2.87. The third-order valence-corrected chi connectivity index (χ3v) is 7.25. The summed E-state index contributed by atoms with van der Waals surface area (Å²) in [7, 11) is -3.19. The summed E-state index contributed by atoms with van der Waals surface area (Å²) in [5.41, 5.74) is 6.15. The average molecular weight is 330 g/mol. The molecule has 2 atom stereocenters. The van der Waals surface area contributed by atoms with Crippen molar-refractivity contribution in [1.29, 1.82) is 0 Å². The number of nitrogens with one attached hydrogen (secondary N) is 1. The van der Waals surface area contributed by atoms with Crippen molar-refractivity contribution in [3.8, 4) is 0 Å². The van der Waals surface area contributed by atoms with E-state index in [0.29, 0.717) is 39.1 Å².